The van der Waals surface area contributed by atoms with Crippen molar-refractivity contribution in [2.45, 2.75) is 34.8 Å². The van der Waals surface area contributed by atoms with Crippen LogP contribution < -0.4 is 27.5 Å². The molecule has 9 rings (SSSR count). The molecule has 71 heavy (non-hydrogen) atoms. The second-order valence-corrected chi connectivity index (χ2v) is 18.8. The molecule has 2 atom stereocenters. The predicted octanol–water partition coefficient (Wildman–Crippen LogP) is 6.39. The van der Waals surface area contributed by atoms with Crippen LogP contribution in [0.1, 0.15) is 39.6 Å². The van der Waals surface area contributed by atoms with Crippen LogP contribution in [-0.4, -0.2) is 79.0 Å². The van der Waals surface area contributed by atoms with E-state index in [1.54, 1.807) is 16.9 Å². The number of aromatic nitrogens is 4. The minimum atomic E-state index is -1.08. The number of nitrogens with one attached hydrogen (secondary N) is 3. The summed E-state index contributed by atoms with van der Waals surface area (Å²) >= 11 is 3.62. The van der Waals surface area contributed by atoms with Crippen molar-refractivity contribution >= 4 is 63.5 Å². The fraction of sp³-hybridized carbons (Fsp3) is 0.154. The number of oxime groups is 1. The first-order valence-electron chi connectivity index (χ1n) is 22.3. The molecule has 0 aliphatic carbocycles. The highest BCUT2D eigenvalue weighted by molar-refractivity contribution is 8.02. The molecule has 1 fully saturated rings. The standard InChI is InChI=1S/C52H45N9O7S3/c1-67-59-40(39-32-71-50(54-39)56-52(36-21-11-4-12-22-36,37-23-13-5-14-24-37)38-25-15-6-16-26-38)44(62)55-41-46(64)61-42(49(66)68-43(33-17-7-2-8-18-33)34-19-9-3-10-20-34)35(31-70-48(41)61)27-30-69-51-58-57-45(63)47(65)60(51)29-28-53/h2-27,30,32,41,43,48H,28-29,31,53H2,1H3,(H,54,56)(H,55,62)(H,57,63)/b30-27+,59-40+. The highest BCUT2D eigenvalue weighted by atomic mass is 32.2. The topological polar surface area (TPSA) is 216 Å². The second-order valence-electron chi connectivity index (χ2n) is 16.0. The zero-order chi connectivity index (χ0) is 49.3. The van der Waals surface area contributed by atoms with Crippen LogP contribution in [0.5, 0.6) is 0 Å². The number of nitrogens with zero attached hydrogens (tertiary/aromatic N) is 5. The quantitative estimate of drug-likeness (QED) is 0.0140. The molecule has 0 bridgehead atoms. The van der Waals surface area contributed by atoms with Gasteiger partial charge in [0.25, 0.3) is 11.8 Å². The summed E-state index contributed by atoms with van der Waals surface area (Å²) < 4.78 is 7.48. The van der Waals surface area contributed by atoms with Crippen LogP contribution in [0, 0.1) is 0 Å². The molecule has 358 valence electrons. The number of carbonyl (C=O) groups excluding carboxylic acids is 3. The van der Waals surface area contributed by atoms with Crippen molar-refractivity contribution in [1.82, 2.24) is 30.0 Å². The molecule has 19 heteroatoms. The molecule has 0 spiro atoms. The van der Waals surface area contributed by atoms with E-state index in [0.717, 1.165) is 33.0 Å². The van der Waals surface area contributed by atoms with Crippen LogP contribution in [0.2, 0.25) is 0 Å². The molecule has 1 saturated heterocycles. The second kappa shape index (κ2) is 21.8. The van der Waals surface area contributed by atoms with Gasteiger partial charge in [-0.2, -0.15) is 0 Å². The van der Waals surface area contributed by atoms with Crippen LogP contribution in [0.15, 0.2) is 200 Å². The summed E-state index contributed by atoms with van der Waals surface area (Å²) in [4.78, 5) is 79.5. The number of rotatable bonds is 18. The van der Waals surface area contributed by atoms with Gasteiger partial charge in [-0.1, -0.05) is 169 Å². The molecule has 5 aromatic carbocycles. The lowest BCUT2D eigenvalue weighted by Crippen LogP contribution is -2.71. The highest BCUT2D eigenvalue weighted by Gasteiger charge is 2.55. The lowest BCUT2D eigenvalue weighted by molar-refractivity contribution is -0.154. The predicted molar refractivity (Wildman–Crippen MR) is 275 cm³/mol. The van der Waals surface area contributed by atoms with Gasteiger partial charge in [0.1, 0.15) is 35.5 Å². The first-order valence-corrected chi connectivity index (χ1v) is 25.1. The number of carbonyl (C=O) groups is 3. The first kappa shape index (κ1) is 48.2. The van der Waals surface area contributed by atoms with E-state index in [1.165, 1.54) is 35.1 Å². The van der Waals surface area contributed by atoms with Gasteiger partial charge in [0.05, 0.1) is 0 Å². The molecule has 5 N–H and O–H groups in total. The number of esters is 1. The summed E-state index contributed by atoms with van der Waals surface area (Å²) in [5.74, 6) is -1.85. The van der Waals surface area contributed by atoms with Crippen molar-refractivity contribution < 1.29 is 24.0 Å². The highest BCUT2D eigenvalue weighted by Crippen LogP contribution is 2.43. The maximum Gasteiger partial charge on any atom is 0.356 e. The molecule has 7 aromatic rings. The van der Waals surface area contributed by atoms with Crippen LogP contribution in [0.25, 0.3) is 0 Å². The van der Waals surface area contributed by atoms with Crippen LogP contribution in [0.3, 0.4) is 0 Å². The van der Waals surface area contributed by atoms with Gasteiger partial charge in [-0.25, -0.2) is 14.9 Å². The number of H-pyrrole nitrogens is 1. The van der Waals surface area contributed by atoms with Crippen LogP contribution in [-0.2, 0) is 36.0 Å². The van der Waals surface area contributed by atoms with Gasteiger partial charge < -0.3 is 25.9 Å². The first-order chi connectivity index (χ1) is 34.7. The summed E-state index contributed by atoms with van der Waals surface area (Å²) in [5, 5.41) is 20.1. The third-order valence-electron chi connectivity index (χ3n) is 11.7. The maximum absolute atomic E-state index is 14.7. The maximum atomic E-state index is 14.7. The molecule has 16 nitrogen and oxygen atoms in total. The van der Waals surface area contributed by atoms with Crippen molar-refractivity contribution in [3.63, 3.8) is 0 Å². The van der Waals surface area contributed by atoms with E-state index in [4.69, 9.17) is 20.3 Å². The lowest BCUT2D eigenvalue weighted by atomic mass is 9.77. The molecular weight excluding hydrogens is 959 g/mol. The van der Waals surface area contributed by atoms with Crippen molar-refractivity contribution in [3.8, 4) is 0 Å². The third kappa shape index (κ3) is 9.98. The van der Waals surface area contributed by atoms with E-state index in [1.807, 2.05) is 152 Å². The summed E-state index contributed by atoms with van der Waals surface area (Å²) in [5.41, 5.74) is 7.87. The third-order valence-corrected chi connectivity index (χ3v) is 14.5. The zero-order valence-electron chi connectivity index (χ0n) is 37.9. The fourth-order valence-electron chi connectivity index (χ4n) is 8.40. The molecule has 2 amide bonds. The number of amides is 2. The zero-order valence-corrected chi connectivity index (χ0v) is 40.4. The van der Waals surface area contributed by atoms with Crippen molar-refractivity contribution in [2.75, 3.05) is 24.7 Å². The van der Waals surface area contributed by atoms with Crippen LogP contribution in [0.4, 0.5) is 5.13 Å². The Labute approximate surface area is 419 Å². The Balaban J connectivity index is 1.00. The van der Waals surface area contributed by atoms with Gasteiger partial charge in [0.15, 0.2) is 22.1 Å². The molecule has 2 aliphatic heterocycles. The number of allylic oxidation sites excluding steroid dienone is 1. The number of fused-ring (bicyclic) bond motifs is 1. The minimum absolute atomic E-state index is 0.0218. The van der Waals surface area contributed by atoms with Crippen LogP contribution >= 0.6 is 34.9 Å². The van der Waals surface area contributed by atoms with Crippen molar-refractivity contribution in [3.05, 3.63) is 234 Å². The van der Waals surface area contributed by atoms with Gasteiger partial charge in [0.2, 0.25) is 0 Å². The number of thiazole rings is 1. The van der Waals surface area contributed by atoms with Crippen molar-refractivity contribution in [2.24, 2.45) is 10.9 Å². The fourth-order valence-corrected chi connectivity index (χ4v) is 11.2. The lowest BCUT2D eigenvalue weighted by Gasteiger charge is -2.49. The number of β-lactam (4-membered cyclic amide) rings is 1. The SMILES string of the molecule is CO/N=C(/C(=O)NC1C(=O)N2C(C(=O)OC(c3ccccc3)c3ccccc3)=C(/C=C/Sc3n[nH]c(=O)c(=O)n3CCN)CSC12)c1csc(NC(c2ccccc2)(c2ccccc2)c2ccccc2)n1. The number of hydrogen-bond acceptors (Lipinski definition) is 15. The number of anilines is 1. The molecule has 0 saturated carbocycles. The van der Waals surface area contributed by atoms with Gasteiger partial charge in [-0.3, -0.25) is 28.6 Å². The Morgan fingerprint density at radius 3 is 1.99 bits per heavy atom. The summed E-state index contributed by atoms with van der Waals surface area (Å²) in [7, 11) is 1.32. The molecular formula is C52H45N9O7S3. The number of thioether (sulfide) groups is 2. The average Bonchev–Trinajstić information content (AvgIpc) is 3.88. The number of hydrogen-bond donors (Lipinski definition) is 4. The Bertz CT molecular complexity index is 3110. The number of aromatic amines is 1. The summed E-state index contributed by atoms with van der Waals surface area (Å²) in [6.07, 6.45) is 0.795. The van der Waals surface area contributed by atoms with E-state index in [2.05, 4.69) is 26.0 Å². The van der Waals surface area contributed by atoms with Crippen molar-refractivity contribution in [1.29, 1.82) is 0 Å². The van der Waals surface area contributed by atoms with E-state index in [-0.39, 0.29) is 41.1 Å². The average molecular weight is 1000 g/mol. The van der Waals surface area contributed by atoms with E-state index in [9.17, 15) is 24.0 Å². The Kier molecular flexibility index (Phi) is 14.8. The molecule has 4 heterocycles. The monoisotopic (exact) mass is 1000 g/mol. The number of benzene rings is 5. The number of ether oxygens (including phenoxy) is 1. The van der Waals surface area contributed by atoms with Gasteiger partial charge in [-0.15, -0.1) is 28.2 Å². The normalized spacial score (nSPS) is 15.8. The summed E-state index contributed by atoms with van der Waals surface area (Å²) in [6, 6.07) is 47.5. The Hall–Kier alpha value is -7.84. The van der Waals surface area contributed by atoms with E-state index >= 15 is 0 Å². The van der Waals surface area contributed by atoms with Gasteiger partial charge >= 0.3 is 17.1 Å². The Morgan fingerprint density at radius 2 is 1.44 bits per heavy atom. The smallest absolute Gasteiger partial charge is 0.356 e. The summed E-state index contributed by atoms with van der Waals surface area (Å²) in [6.45, 7) is 0.133. The van der Waals surface area contributed by atoms with Gasteiger partial charge in [0, 0.05) is 24.2 Å². The molecule has 0 radical (unpaired) electrons. The molecule has 2 aromatic heterocycles. The number of nitrogens with two attached hydrogens (primary N) is 1. The van der Waals surface area contributed by atoms with Gasteiger partial charge in [-0.05, 0) is 44.9 Å². The van der Waals surface area contributed by atoms with E-state index < -0.39 is 52.0 Å². The molecule has 2 aliphatic rings. The minimum Gasteiger partial charge on any atom is -0.448 e. The van der Waals surface area contributed by atoms with E-state index in [0.29, 0.717) is 21.8 Å². The Morgan fingerprint density at radius 1 is 0.873 bits per heavy atom. The molecule has 2 unspecified atom stereocenters. The largest absolute Gasteiger partial charge is 0.448 e.